The number of fused-ring (bicyclic) bond motifs is 1. The molecule has 1 saturated heterocycles. The molecule has 8 heteroatoms. The number of piperazine rings is 1. The SMILES string of the molecule is CCC(=O)N1CCN(S(=O)(=O)c2ccc3c(c2)nc(C)n3C)CC1. The Morgan fingerprint density at radius 2 is 1.88 bits per heavy atom. The highest BCUT2D eigenvalue weighted by atomic mass is 32.2. The Morgan fingerprint density at radius 1 is 1.21 bits per heavy atom. The first-order valence-corrected chi connectivity index (χ1v) is 9.49. The predicted molar refractivity (Wildman–Crippen MR) is 91.1 cm³/mol. The minimum absolute atomic E-state index is 0.0671. The van der Waals surface area contributed by atoms with Gasteiger partial charge in [-0.2, -0.15) is 4.31 Å². The number of sulfonamides is 1. The van der Waals surface area contributed by atoms with Gasteiger partial charge in [0.1, 0.15) is 5.82 Å². The Morgan fingerprint density at radius 3 is 2.50 bits per heavy atom. The van der Waals surface area contributed by atoms with E-state index in [-0.39, 0.29) is 10.8 Å². The molecule has 0 saturated carbocycles. The first-order valence-electron chi connectivity index (χ1n) is 8.05. The molecule has 1 aromatic carbocycles. The van der Waals surface area contributed by atoms with Crippen molar-refractivity contribution in [1.82, 2.24) is 18.8 Å². The van der Waals surface area contributed by atoms with Crippen LogP contribution in [0.1, 0.15) is 19.2 Å². The van der Waals surface area contributed by atoms with Crippen molar-refractivity contribution in [3.63, 3.8) is 0 Å². The van der Waals surface area contributed by atoms with E-state index < -0.39 is 10.0 Å². The molecule has 2 aromatic rings. The molecular weight excluding hydrogens is 328 g/mol. The minimum atomic E-state index is -3.57. The lowest BCUT2D eigenvalue weighted by atomic mass is 10.3. The summed E-state index contributed by atoms with van der Waals surface area (Å²) in [5.74, 6) is 0.906. The number of hydrogen-bond acceptors (Lipinski definition) is 4. The zero-order valence-electron chi connectivity index (χ0n) is 14.2. The number of nitrogens with zero attached hydrogens (tertiary/aromatic N) is 4. The molecule has 1 amide bonds. The van der Waals surface area contributed by atoms with Crippen LogP contribution in [0.3, 0.4) is 0 Å². The molecule has 0 atom stereocenters. The number of imidazole rings is 1. The molecule has 130 valence electrons. The number of amides is 1. The predicted octanol–water partition coefficient (Wildman–Crippen LogP) is 1.12. The Labute approximate surface area is 141 Å². The van der Waals surface area contributed by atoms with Crippen LogP contribution in [0.2, 0.25) is 0 Å². The third-order valence-electron chi connectivity index (χ3n) is 4.61. The van der Waals surface area contributed by atoms with Crippen LogP contribution in [0, 0.1) is 6.92 Å². The largest absolute Gasteiger partial charge is 0.340 e. The van der Waals surface area contributed by atoms with Crippen LogP contribution in [0.5, 0.6) is 0 Å². The molecule has 1 aliphatic heterocycles. The number of carbonyl (C=O) groups is 1. The monoisotopic (exact) mass is 350 g/mol. The summed E-state index contributed by atoms with van der Waals surface area (Å²) in [6.07, 6.45) is 0.447. The second-order valence-electron chi connectivity index (χ2n) is 6.01. The van der Waals surface area contributed by atoms with E-state index >= 15 is 0 Å². The van der Waals surface area contributed by atoms with Crippen LogP contribution in [-0.2, 0) is 21.9 Å². The topological polar surface area (TPSA) is 75.5 Å². The van der Waals surface area contributed by atoms with Crippen LogP contribution in [-0.4, -0.2) is 59.3 Å². The number of carbonyl (C=O) groups excluding carboxylic acids is 1. The van der Waals surface area contributed by atoms with Gasteiger partial charge >= 0.3 is 0 Å². The van der Waals surface area contributed by atoms with Gasteiger partial charge in [-0.25, -0.2) is 13.4 Å². The van der Waals surface area contributed by atoms with Gasteiger partial charge in [-0.3, -0.25) is 4.79 Å². The van der Waals surface area contributed by atoms with Crippen LogP contribution in [0.4, 0.5) is 0 Å². The van der Waals surface area contributed by atoms with Gasteiger partial charge in [0, 0.05) is 39.6 Å². The van der Waals surface area contributed by atoms with Crippen molar-refractivity contribution in [2.45, 2.75) is 25.2 Å². The molecule has 24 heavy (non-hydrogen) atoms. The quantitative estimate of drug-likeness (QED) is 0.831. The minimum Gasteiger partial charge on any atom is -0.340 e. The molecule has 1 aromatic heterocycles. The molecule has 0 spiro atoms. The van der Waals surface area contributed by atoms with Crippen molar-refractivity contribution in [2.24, 2.45) is 7.05 Å². The highest BCUT2D eigenvalue weighted by Crippen LogP contribution is 2.23. The lowest BCUT2D eigenvalue weighted by molar-refractivity contribution is -0.132. The summed E-state index contributed by atoms with van der Waals surface area (Å²) in [5, 5.41) is 0. The smallest absolute Gasteiger partial charge is 0.243 e. The molecule has 1 aliphatic rings. The fraction of sp³-hybridized carbons (Fsp3) is 0.500. The summed E-state index contributed by atoms with van der Waals surface area (Å²) in [6, 6.07) is 5.04. The summed E-state index contributed by atoms with van der Waals surface area (Å²) in [6.45, 7) is 5.24. The lowest BCUT2D eigenvalue weighted by Crippen LogP contribution is -2.50. The van der Waals surface area contributed by atoms with Crippen molar-refractivity contribution in [2.75, 3.05) is 26.2 Å². The van der Waals surface area contributed by atoms with E-state index in [0.29, 0.717) is 38.1 Å². The Bertz CT molecular complexity index is 880. The third kappa shape index (κ3) is 2.80. The molecule has 7 nitrogen and oxygen atoms in total. The average molecular weight is 350 g/mol. The Balaban J connectivity index is 1.85. The van der Waals surface area contributed by atoms with E-state index in [4.69, 9.17) is 0 Å². The molecule has 0 radical (unpaired) electrons. The second-order valence-corrected chi connectivity index (χ2v) is 7.94. The van der Waals surface area contributed by atoms with Crippen molar-refractivity contribution in [3.8, 4) is 0 Å². The van der Waals surface area contributed by atoms with Crippen LogP contribution in [0.25, 0.3) is 11.0 Å². The summed E-state index contributed by atoms with van der Waals surface area (Å²) in [5.41, 5.74) is 1.58. The van der Waals surface area contributed by atoms with E-state index in [1.54, 1.807) is 23.1 Å². The maximum Gasteiger partial charge on any atom is 0.243 e. The number of rotatable bonds is 3. The average Bonchev–Trinajstić information content (AvgIpc) is 2.88. The third-order valence-corrected chi connectivity index (χ3v) is 6.50. The van der Waals surface area contributed by atoms with Gasteiger partial charge in [0.15, 0.2) is 0 Å². The van der Waals surface area contributed by atoms with E-state index in [1.165, 1.54) is 4.31 Å². The highest BCUT2D eigenvalue weighted by molar-refractivity contribution is 7.89. The maximum atomic E-state index is 12.9. The molecule has 0 unspecified atom stereocenters. The Hall–Kier alpha value is -1.93. The molecule has 1 fully saturated rings. The van der Waals surface area contributed by atoms with Crippen molar-refractivity contribution in [1.29, 1.82) is 0 Å². The second kappa shape index (κ2) is 6.18. The van der Waals surface area contributed by atoms with Crippen molar-refractivity contribution in [3.05, 3.63) is 24.0 Å². The highest BCUT2D eigenvalue weighted by Gasteiger charge is 2.30. The van der Waals surface area contributed by atoms with Gasteiger partial charge in [-0.15, -0.1) is 0 Å². The van der Waals surface area contributed by atoms with E-state index in [2.05, 4.69) is 4.98 Å². The molecular formula is C16H22N4O3S. The zero-order valence-corrected chi connectivity index (χ0v) is 15.0. The summed E-state index contributed by atoms with van der Waals surface area (Å²) < 4.78 is 29.1. The van der Waals surface area contributed by atoms with Gasteiger partial charge in [0.25, 0.3) is 0 Å². The first-order chi connectivity index (χ1) is 11.3. The molecule has 3 rings (SSSR count). The number of aryl methyl sites for hydroxylation is 2. The first kappa shape index (κ1) is 16.9. The van der Waals surface area contributed by atoms with Gasteiger partial charge in [0.2, 0.25) is 15.9 Å². The fourth-order valence-corrected chi connectivity index (χ4v) is 4.45. The van der Waals surface area contributed by atoms with Crippen molar-refractivity contribution < 1.29 is 13.2 Å². The van der Waals surface area contributed by atoms with Gasteiger partial charge in [-0.05, 0) is 25.1 Å². The molecule has 0 bridgehead atoms. The van der Waals surface area contributed by atoms with Gasteiger partial charge in [0.05, 0.1) is 15.9 Å². The fourth-order valence-electron chi connectivity index (χ4n) is 3.01. The lowest BCUT2D eigenvalue weighted by Gasteiger charge is -2.33. The number of aromatic nitrogens is 2. The molecule has 2 heterocycles. The van der Waals surface area contributed by atoms with Gasteiger partial charge in [-0.1, -0.05) is 6.92 Å². The van der Waals surface area contributed by atoms with Gasteiger partial charge < -0.3 is 9.47 Å². The summed E-state index contributed by atoms with van der Waals surface area (Å²) in [4.78, 5) is 18.1. The number of benzene rings is 1. The van der Waals surface area contributed by atoms with Crippen molar-refractivity contribution >= 4 is 27.0 Å². The Kier molecular flexibility index (Phi) is 4.35. The standard InChI is InChI=1S/C16H22N4O3S/c1-4-16(21)19-7-9-20(10-8-19)24(22,23)13-5-6-15-14(11-13)17-12(2)18(15)3/h5-6,11H,4,7-10H2,1-3H3. The molecule has 0 aliphatic carbocycles. The van der Waals surface area contributed by atoms with Crippen LogP contribution >= 0.6 is 0 Å². The normalized spacial score (nSPS) is 16.7. The zero-order chi connectivity index (χ0) is 17.5. The van der Waals surface area contributed by atoms with Crippen LogP contribution in [0.15, 0.2) is 23.1 Å². The van der Waals surface area contributed by atoms with Crippen LogP contribution < -0.4 is 0 Å². The summed E-state index contributed by atoms with van der Waals surface area (Å²) >= 11 is 0. The number of hydrogen-bond donors (Lipinski definition) is 0. The maximum absolute atomic E-state index is 12.9. The van der Waals surface area contributed by atoms with E-state index in [9.17, 15) is 13.2 Å². The summed E-state index contributed by atoms with van der Waals surface area (Å²) in [7, 11) is -1.66. The molecule has 0 N–H and O–H groups in total. The van der Waals surface area contributed by atoms with E-state index in [1.807, 2.05) is 25.5 Å². The van der Waals surface area contributed by atoms with E-state index in [0.717, 1.165) is 11.3 Å².